The molecule has 0 amide bonds. The summed E-state index contributed by atoms with van der Waals surface area (Å²) in [5.41, 5.74) is -1.13. The van der Waals surface area contributed by atoms with Crippen molar-refractivity contribution in [2.75, 3.05) is 0 Å². The average molecular weight is 228 g/mol. The van der Waals surface area contributed by atoms with Crippen LogP contribution in [0.15, 0.2) is 18.2 Å². The lowest BCUT2D eigenvalue weighted by Gasteiger charge is -2.01. The molecule has 0 heterocycles. The molecule has 0 aliphatic heterocycles. The Morgan fingerprint density at radius 2 is 1.62 bits per heavy atom. The normalized spacial score (nSPS) is 10.6. The number of carboxylic acid groups (broad SMARTS) is 2. The van der Waals surface area contributed by atoms with Gasteiger partial charge in [-0.05, 0) is 23.8 Å². The average Bonchev–Trinajstić information content (AvgIpc) is 2.12. The molecule has 4 nitrogen and oxygen atoms in total. The van der Waals surface area contributed by atoms with Crippen LogP contribution in [0.5, 0.6) is 0 Å². The molecule has 0 aliphatic rings. The lowest BCUT2D eigenvalue weighted by Crippen LogP contribution is -2.04. The van der Waals surface area contributed by atoms with Crippen LogP contribution >= 0.6 is 0 Å². The van der Waals surface area contributed by atoms with E-state index in [-0.39, 0.29) is 5.56 Å². The first-order valence-corrected chi connectivity index (χ1v) is 4.05. The zero-order chi connectivity index (χ0) is 12.3. The molecule has 0 aromatic heterocycles. The van der Waals surface area contributed by atoms with Crippen LogP contribution < -0.4 is 0 Å². The standard InChI is InChI=1S/C10H6F2O4/c11-6-3-5(1-2-8(13)14)4-7(12)9(6)10(15)16/h1-4H,(H,13,14)(H,15,16). The summed E-state index contributed by atoms with van der Waals surface area (Å²) in [4.78, 5) is 20.6. The smallest absolute Gasteiger partial charge is 0.341 e. The molecule has 16 heavy (non-hydrogen) atoms. The first-order chi connectivity index (χ1) is 7.41. The highest BCUT2D eigenvalue weighted by Crippen LogP contribution is 2.16. The fourth-order valence-corrected chi connectivity index (χ4v) is 1.06. The number of rotatable bonds is 3. The third kappa shape index (κ3) is 2.63. The van der Waals surface area contributed by atoms with Gasteiger partial charge in [0.1, 0.15) is 17.2 Å². The van der Waals surface area contributed by atoms with Gasteiger partial charge in [-0.25, -0.2) is 18.4 Å². The zero-order valence-electron chi connectivity index (χ0n) is 7.78. The Bertz CT molecular complexity index is 457. The Balaban J connectivity index is 3.20. The molecule has 6 heteroatoms. The Morgan fingerprint density at radius 1 is 1.12 bits per heavy atom. The van der Waals surface area contributed by atoms with Gasteiger partial charge in [0, 0.05) is 6.08 Å². The van der Waals surface area contributed by atoms with Gasteiger partial charge in [-0.15, -0.1) is 0 Å². The minimum atomic E-state index is -1.72. The van der Waals surface area contributed by atoms with Gasteiger partial charge < -0.3 is 10.2 Å². The summed E-state index contributed by atoms with van der Waals surface area (Å²) < 4.78 is 26.2. The van der Waals surface area contributed by atoms with Crippen LogP contribution in [0, 0.1) is 11.6 Å². The fourth-order valence-electron chi connectivity index (χ4n) is 1.06. The lowest BCUT2D eigenvalue weighted by molar-refractivity contribution is -0.131. The number of hydrogen-bond acceptors (Lipinski definition) is 2. The monoisotopic (exact) mass is 228 g/mol. The van der Waals surface area contributed by atoms with Crippen LogP contribution in [-0.4, -0.2) is 22.2 Å². The van der Waals surface area contributed by atoms with E-state index in [2.05, 4.69) is 0 Å². The molecule has 0 saturated carbocycles. The Labute approximate surface area is 88.4 Å². The highest BCUT2D eigenvalue weighted by Gasteiger charge is 2.16. The number of hydrogen-bond donors (Lipinski definition) is 2. The van der Waals surface area contributed by atoms with Crippen molar-refractivity contribution in [2.45, 2.75) is 0 Å². The molecule has 0 bridgehead atoms. The number of carbonyl (C=O) groups is 2. The van der Waals surface area contributed by atoms with E-state index in [9.17, 15) is 18.4 Å². The lowest BCUT2D eigenvalue weighted by atomic mass is 10.1. The van der Waals surface area contributed by atoms with Crippen molar-refractivity contribution in [1.29, 1.82) is 0 Å². The SMILES string of the molecule is O=C(O)C=Cc1cc(F)c(C(=O)O)c(F)c1. The largest absolute Gasteiger partial charge is 0.478 e. The van der Waals surface area contributed by atoms with Crippen molar-refractivity contribution in [2.24, 2.45) is 0 Å². The number of carboxylic acids is 2. The van der Waals surface area contributed by atoms with Gasteiger partial charge in [0.2, 0.25) is 0 Å². The first kappa shape index (κ1) is 11.8. The minimum Gasteiger partial charge on any atom is -0.478 e. The summed E-state index contributed by atoms with van der Waals surface area (Å²) in [6.45, 7) is 0. The molecule has 1 aromatic carbocycles. The van der Waals surface area contributed by atoms with Crippen LogP contribution in [0.4, 0.5) is 8.78 Å². The molecule has 0 radical (unpaired) electrons. The zero-order valence-corrected chi connectivity index (χ0v) is 7.78. The van der Waals surface area contributed by atoms with Crippen LogP contribution in [0.3, 0.4) is 0 Å². The van der Waals surface area contributed by atoms with Crippen LogP contribution in [0.1, 0.15) is 15.9 Å². The third-order valence-corrected chi connectivity index (χ3v) is 1.70. The van der Waals surface area contributed by atoms with E-state index in [1.165, 1.54) is 0 Å². The van der Waals surface area contributed by atoms with Gasteiger partial charge in [0.25, 0.3) is 0 Å². The van der Waals surface area contributed by atoms with Crippen molar-refractivity contribution in [3.63, 3.8) is 0 Å². The number of benzene rings is 1. The third-order valence-electron chi connectivity index (χ3n) is 1.70. The van der Waals surface area contributed by atoms with E-state index in [1.54, 1.807) is 0 Å². The number of halogens is 2. The summed E-state index contributed by atoms with van der Waals surface area (Å²) in [5.74, 6) is -5.50. The molecule has 0 saturated heterocycles. The molecule has 84 valence electrons. The Hall–Kier alpha value is -2.24. The maximum Gasteiger partial charge on any atom is 0.341 e. The molecule has 0 fully saturated rings. The van der Waals surface area contributed by atoms with E-state index < -0.39 is 29.1 Å². The van der Waals surface area contributed by atoms with Gasteiger partial charge in [-0.1, -0.05) is 0 Å². The highest BCUT2D eigenvalue weighted by atomic mass is 19.1. The van der Waals surface area contributed by atoms with E-state index >= 15 is 0 Å². The quantitative estimate of drug-likeness (QED) is 0.773. The molecule has 1 rings (SSSR count). The van der Waals surface area contributed by atoms with Gasteiger partial charge in [-0.3, -0.25) is 0 Å². The van der Waals surface area contributed by atoms with Crippen molar-refractivity contribution in [3.8, 4) is 0 Å². The molecule has 0 atom stereocenters. The maximum atomic E-state index is 13.1. The van der Waals surface area contributed by atoms with E-state index in [0.29, 0.717) is 6.08 Å². The summed E-state index contributed by atoms with van der Waals surface area (Å²) in [6.07, 6.45) is 1.65. The first-order valence-electron chi connectivity index (χ1n) is 4.05. The van der Waals surface area contributed by atoms with E-state index in [4.69, 9.17) is 10.2 Å². The van der Waals surface area contributed by atoms with Gasteiger partial charge >= 0.3 is 11.9 Å². The van der Waals surface area contributed by atoms with Crippen molar-refractivity contribution < 1.29 is 28.6 Å². The van der Waals surface area contributed by atoms with Gasteiger partial charge in [-0.2, -0.15) is 0 Å². The van der Waals surface area contributed by atoms with Crippen molar-refractivity contribution >= 4 is 18.0 Å². The van der Waals surface area contributed by atoms with Crippen LogP contribution in [-0.2, 0) is 4.79 Å². The second-order valence-electron chi connectivity index (χ2n) is 2.84. The molecule has 0 unspecified atom stereocenters. The van der Waals surface area contributed by atoms with Gasteiger partial charge in [0.15, 0.2) is 0 Å². The maximum absolute atomic E-state index is 13.1. The second kappa shape index (κ2) is 4.52. The summed E-state index contributed by atoms with van der Waals surface area (Å²) >= 11 is 0. The summed E-state index contributed by atoms with van der Waals surface area (Å²) in [7, 11) is 0. The Morgan fingerprint density at radius 3 is 2.00 bits per heavy atom. The Kier molecular flexibility index (Phi) is 3.34. The van der Waals surface area contributed by atoms with Crippen LogP contribution in [0.2, 0.25) is 0 Å². The summed E-state index contributed by atoms with van der Waals surface area (Å²) in [5, 5.41) is 16.8. The molecular weight excluding hydrogens is 222 g/mol. The molecule has 2 N–H and O–H groups in total. The van der Waals surface area contributed by atoms with E-state index in [0.717, 1.165) is 18.2 Å². The predicted octanol–water partition coefficient (Wildman–Crippen LogP) is 1.76. The van der Waals surface area contributed by atoms with E-state index in [1.807, 2.05) is 0 Å². The molecule has 0 aliphatic carbocycles. The highest BCUT2D eigenvalue weighted by molar-refractivity contribution is 5.89. The molecular formula is C10H6F2O4. The topological polar surface area (TPSA) is 74.6 Å². The fraction of sp³-hybridized carbons (Fsp3) is 0. The second-order valence-corrected chi connectivity index (χ2v) is 2.84. The molecule has 1 aromatic rings. The summed E-state index contributed by atoms with van der Waals surface area (Å²) in [6, 6.07) is 1.48. The minimum absolute atomic E-state index is 0.0672. The van der Waals surface area contributed by atoms with Crippen molar-refractivity contribution in [1.82, 2.24) is 0 Å². The van der Waals surface area contributed by atoms with Crippen LogP contribution in [0.25, 0.3) is 6.08 Å². The molecule has 0 spiro atoms. The van der Waals surface area contributed by atoms with Gasteiger partial charge in [0.05, 0.1) is 0 Å². The van der Waals surface area contributed by atoms with Crippen molar-refractivity contribution in [3.05, 3.63) is 41.0 Å². The number of aliphatic carboxylic acids is 1. The predicted molar refractivity (Wildman–Crippen MR) is 50.0 cm³/mol. The number of aromatic carboxylic acids is 1.